The lowest BCUT2D eigenvalue weighted by Gasteiger charge is -1.89. The molecule has 1 aromatic rings. The first-order chi connectivity index (χ1) is 4.86. The van der Waals surface area contributed by atoms with Gasteiger partial charge in [-0.25, -0.2) is 0 Å². The SMILES string of the molecule is CCc1cccc([S+]=O)c1. The summed E-state index contributed by atoms with van der Waals surface area (Å²) in [5, 5.41) is 0. The fourth-order valence-corrected chi connectivity index (χ4v) is 1.15. The smallest absolute Gasteiger partial charge is 0.0613 e. The van der Waals surface area contributed by atoms with Gasteiger partial charge in [0, 0.05) is 16.3 Å². The van der Waals surface area contributed by atoms with Gasteiger partial charge in [0.25, 0.3) is 4.90 Å². The Kier molecular flexibility index (Phi) is 2.51. The Morgan fingerprint density at radius 3 is 2.90 bits per heavy atom. The topological polar surface area (TPSA) is 17.1 Å². The standard InChI is InChI=1S/C8H9OS/c1-2-7-4-3-5-8(6-7)10-9/h3-6H,2H2,1H3/q+1. The van der Waals surface area contributed by atoms with Gasteiger partial charge in [-0.1, -0.05) is 19.1 Å². The van der Waals surface area contributed by atoms with Gasteiger partial charge in [-0.15, -0.1) is 0 Å². The molecule has 0 atom stereocenters. The maximum atomic E-state index is 10.3. The van der Waals surface area contributed by atoms with Gasteiger partial charge in [0.15, 0.2) is 0 Å². The van der Waals surface area contributed by atoms with E-state index in [2.05, 4.69) is 6.92 Å². The molecule has 0 aliphatic rings. The van der Waals surface area contributed by atoms with E-state index in [0.717, 1.165) is 11.3 Å². The van der Waals surface area contributed by atoms with E-state index in [1.54, 1.807) is 0 Å². The zero-order valence-electron chi connectivity index (χ0n) is 5.83. The third kappa shape index (κ3) is 1.61. The molecule has 0 aromatic heterocycles. The highest BCUT2D eigenvalue weighted by molar-refractivity contribution is 7.65. The highest BCUT2D eigenvalue weighted by atomic mass is 32.1. The number of hydrogen-bond donors (Lipinski definition) is 0. The maximum absolute atomic E-state index is 10.3. The van der Waals surface area contributed by atoms with Gasteiger partial charge in [-0.05, 0) is 12.0 Å². The third-order valence-corrected chi connectivity index (χ3v) is 1.85. The molecule has 1 rings (SSSR count). The van der Waals surface area contributed by atoms with E-state index in [4.69, 9.17) is 0 Å². The normalized spacial score (nSPS) is 9.30. The Morgan fingerprint density at radius 1 is 1.50 bits per heavy atom. The molecular formula is C8H9OS+. The molecule has 0 heterocycles. The summed E-state index contributed by atoms with van der Waals surface area (Å²) in [5.41, 5.74) is 1.22. The molecule has 0 saturated heterocycles. The first-order valence-electron chi connectivity index (χ1n) is 3.25. The lowest BCUT2D eigenvalue weighted by atomic mass is 10.2. The molecule has 0 saturated carbocycles. The Labute approximate surface area is 64.6 Å². The minimum absolute atomic E-state index is 0.548. The van der Waals surface area contributed by atoms with Gasteiger partial charge in [0.1, 0.15) is 0 Å². The van der Waals surface area contributed by atoms with Crippen molar-refractivity contribution in [1.29, 1.82) is 0 Å². The summed E-state index contributed by atoms with van der Waals surface area (Å²) in [6, 6.07) is 7.70. The zero-order valence-corrected chi connectivity index (χ0v) is 6.65. The lowest BCUT2D eigenvalue weighted by molar-refractivity contribution is 0.605. The van der Waals surface area contributed by atoms with Gasteiger partial charge < -0.3 is 0 Å². The highest BCUT2D eigenvalue weighted by Crippen LogP contribution is 2.04. The first kappa shape index (κ1) is 7.35. The molecule has 0 radical (unpaired) electrons. The van der Waals surface area contributed by atoms with Crippen LogP contribution >= 0.6 is 0 Å². The van der Waals surface area contributed by atoms with Gasteiger partial charge >= 0.3 is 11.7 Å². The largest absolute Gasteiger partial charge is 0.505 e. The summed E-state index contributed by atoms with van der Waals surface area (Å²) < 4.78 is 10.3. The van der Waals surface area contributed by atoms with Crippen molar-refractivity contribution in [3.05, 3.63) is 29.8 Å². The molecule has 0 unspecified atom stereocenters. The molecule has 0 aliphatic heterocycles. The molecule has 1 aromatic carbocycles. The van der Waals surface area contributed by atoms with Gasteiger partial charge in [-0.3, -0.25) is 0 Å². The van der Waals surface area contributed by atoms with E-state index in [1.807, 2.05) is 24.3 Å². The Morgan fingerprint density at radius 2 is 2.30 bits per heavy atom. The van der Waals surface area contributed by atoms with E-state index >= 15 is 0 Å². The summed E-state index contributed by atoms with van der Waals surface area (Å²) in [6.45, 7) is 2.08. The van der Waals surface area contributed by atoms with Crippen LogP contribution in [-0.4, -0.2) is 0 Å². The molecule has 0 fully saturated rings. The molecule has 0 bridgehead atoms. The molecule has 0 N–H and O–H groups in total. The second-order valence-corrected chi connectivity index (χ2v) is 2.72. The van der Waals surface area contributed by atoms with Crippen molar-refractivity contribution >= 4 is 11.7 Å². The van der Waals surface area contributed by atoms with E-state index in [1.165, 1.54) is 5.56 Å². The van der Waals surface area contributed by atoms with E-state index in [-0.39, 0.29) is 0 Å². The maximum Gasteiger partial charge on any atom is 0.505 e. The van der Waals surface area contributed by atoms with Crippen molar-refractivity contribution in [3.63, 3.8) is 0 Å². The average Bonchev–Trinajstić information content (AvgIpc) is 2.05. The predicted octanol–water partition coefficient (Wildman–Crippen LogP) is 2.04. The monoisotopic (exact) mass is 153 g/mol. The van der Waals surface area contributed by atoms with E-state index in [9.17, 15) is 4.21 Å². The van der Waals surface area contributed by atoms with Crippen molar-refractivity contribution < 1.29 is 4.21 Å². The van der Waals surface area contributed by atoms with Crippen LogP contribution in [0.3, 0.4) is 0 Å². The first-order valence-corrected chi connectivity index (χ1v) is 3.99. The van der Waals surface area contributed by atoms with Crippen LogP contribution in [0.1, 0.15) is 12.5 Å². The highest BCUT2D eigenvalue weighted by Gasteiger charge is 2.04. The molecule has 10 heavy (non-hydrogen) atoms. The van der Waals surface area contributed by atoms with Gasteiger partial charge in [0.05, 0.1) is 0 Å². The van der Waals surface area contributed by atoms with Gasteiger partial charge in [0.2, 0.25) is 0 Å². The van der Waals surface area contributed by atoms with Crippen LogP contribution in [0.2, 0.25) is 0 Å². The zero-order chi connectivity index (χ0) is 7.40. The Hall–Kier alpha value is -0.760. The summed E-state index contributed by atoms with van der Waals surface area (Å²) >= 11 is 0.548. The molecular weight excluding hydrogens is 144 g/mol. The van der Waals surface area contributed by atoms with Crippen LogP contribution in [0.15, 0.2) is 29.2 Å². The minimum Gasteiger partial charge on any atom is -0.0613 e. The van der Waals surface area contributed by atoms with Crippen LogP contribution in [0.5, 0.6) is 0 Å². The van der Waals surface area contributed by atoms with Crippen molar-refractivity contribution in [3.8, 4) is 0 Å². The van der Waals surface area contributed by atoms with Crippen molar-refractivity contribution in [1.82, 2.24) is 0 Å². The second kappa shape index (κ2) is 3.42. The molecule has 0 amide bonds. The van der Waals surface area contributed by atoms with Crippen molar-refractivity contribution in [2.45, 2.75) is 18.2 Å². The summed E-state index contributed by atoms with van der Waals surface area (Å²) in [5.74, 6) is 0. The number of hydrogen-bond acceptors (Lipinski definition) is 1. The Balaban J connectivity index is 2.98. The van der Waals surface area contributed by atoms with Crippen LogP contribution in [0.25, 0.3) is 0 Å². The van der Waals surface area contributed by atoms with Crippen LogP contribution < -0.4 is 0 Å². The summed E-state index contributed by atoms with van der Waals surface area (Å²) in [7, 11) is 0. The molecule has 2 heteroatoms. The number of benzene rings is 1. The van der Waals surface area contributed by atoms with Crippen LogP contribution in [-0.2, 0) is 22.3 Å². The second-order valence-electron chi connectivity index (χ2n) is 2.08. The number of rotatable bonds is 2. The molecule has 52 valence electrons. The van der Waals surface area contributed by atoms with Crippen LogP contribution in [0.4, 0.5) is 0 Å². The van der Waals surface area contributed by atoms with Crippen LogP contribution in [0, 0.1) is 0 Å². The van der Waals surface area contributed by atoms with E-state index < -0.39 is 0 Å². The summed E-state index contributed by atoms with van der Waals surface area (Å²) in [4.78, 5) is 0.805. The summed E-state index contributed by atoms with van der Waals surface area (Å²) in [6.07, 6.45) is 0.994. The molecule has 0 spiro atoms. The molecule has 0 aliphatic carbocycles. The fraction of sp³-hybridized carbons (Fsp3) is 0.250. The predicted molar refractivity (Wildman–Crippen MR) is 42.1 cm³/mol. The van der Waals surface area contributed by atoms with Crippen molar-refractivity contribution in [2.24, 2.45) is 0 Å². The number of aryl methyl sites for hydroxylation is 1. The van der Waals surface area contributed by atoms with Crippen molar-refractivity contribution in [2.75, 3.05) is 0 Å². The fourth-order valence-electron chi connectivity index (χ4n) is 0.817. The minimum atomic E-state index is 0.548. The quantitative estimate of drug-likeness (QED) is 0.594. The average molecular weight is 153 g/mol. The van der Waals surface area contributed by atoms with Gasteiger partial charge in [-0.2, -0.15) is 0 Å². The lowest BCUT2D eigenvalue weighted by Crippen LogP contribution is -1.79. The molecule has 1 nitrogen and oxygen atoms in total. The Bertz CT molecular complexity index is 232. The van der Waals surface area contributed by atoms with E-state index in [0.29, 0.717) is 11.7 Å². The third-order valence-electron chi connectivity index (χ3n) is 1.40.